The first-order valence-corrected chi connectivity index (χ1v) is 10.3. The van der Waals surface area contributed by atoms with Crippen LogP contribution < -0.4 is 10.6 Å². The molecular formula is C20H32N8. The Balaban J connectivity index is 1.36. The third kappa shape index (κ3) is 6.92. The highest BCUT2D eigenvalue weighted by molar-refractivity contribution is 5.80. The average molecular weight is 385 g/mol. The van der Waals surface area contributed by atoms with Gasteiger partial charge in [-0.1, -0.05) is 6.07 Å². The molecule has 0 radical (unpaired) electrons. The van der Waals surface area contributed by atoms with Crippen LogP contribution in [-0.4, -0.2) is 62.8 Å². The molecule has 1 saturated heterocycles. The monoisotopic (exact) mass is 384 g/mol. The van der Waals surface area contributed by atoms with Crippen molar-refractivity contribution in [3.63, 3.8) is 0 Å². The molecule has 28 heavy (non-hydrogen) atoms. The second kappa shape index (κ2) is 11.4. The number of likely N-dealkylation sites (tertiary alicyclic amines) is 1. The molecule has 0 spiro atoms. The minimum atomic E-state index is 0.481. The number of pyridine rings is 1. The predicted molar refractivity (Wildman–Crippen MR) is 111 cm³/mol. The van der Waals surface area contributed by atoms with Gasteiger partial charge in [0.15, 0.2) is 5.96 Å². The Morgan fingerprint density at radius 2 is 2.00 bits per heavy atom. The molecule has 8 nitrogen and oxygen atoms in total. The molecule has 1 aliphatic rings. The summed E-state index contributed by atoms with van der Waals surface area (Å²) in [6.07, 6.45) is 9.78. The van der Waals surface area contributed by atoms with E-state index >= 15 is 0 Å². The van der Waals surface area contributed by atoms with Crippen LogP contribution in [0.4, 0.5) is 0 Å². The van der Waals surface area contributed by atoms with Crippen LogP contribution in [0.1, 0.15) is 38.3 Å². The van der Waals surface area contributed by atoms with E-state index in [9.17, 15) is 0 Å². The van der Waals surface area contributed by atoms with E-state index in [0.29, 0.717) is 6.04 Å². The minimum absolute atomic E-state index is 0.481. The van der Waals surface area contributed by atoms with Crippen LogP contribution >= 0.6 is 0 Å². The van der Waals surface area contributed by atoms with Gasteiger partial charge in [0, 0.05) is 51.5 Å². The first kappa shape index (κ1) is 20.3. The molecule has 152 valence electrons. The summed E-state index contributed by atoms with van der Waals surface area (Å²) < 4.78 is 2.01. The van der Waals surface area contributed by atoms with Crippen molar-refractivity contribution in [1.29, 1.82) is 0 Å². The molecule has 3 heterocycles. The third-order valence-electron chi connectivity index (χ3n) is 4.95. The maximum atomic E-state index is 4.74. The number of nitrogens with zero attached hydrogens (tertiary/aromatic N) is 6. The van der Waals surface area contributed by atoms with Gasteiger partial charge in [0.25, 0.3) is 0 Å². The van der Waals surface area contributed by atoms with Crippen LogP contribution in [0.25, 0.3) is 0 Å². The Bertz CT molecular complexity index is 677. The average Bonchev–Trinajstić information content (AvgIpc) is 3.24. The van der Waals surface area contributed by atoms with Crippen molar-refractivity contribution in [2.45, 2.75) is 51.7 Å². The maximum absolute atomic E-state index is 4.74. The van der Waals surface area contributed by atoms with Crippen LogP contribution in [0.3, 0.4) is 0 Å². The second-order valence-electron chi connectivity index (χ2n) is 7.18. The first-order chi connectivity index (χ1) is 13.8. The normalized spacial score (nSPS) is 16.2. The van der Waals surface area contributed by atoms with Crippen LogP contribution in [0.15, 0.2) is 42.0 Å². The summed E-state index contributed by atoms with van der Waals surface area (Å²) in [6, 6.07) is 6.61. The van der Waals surface area contributed by atoms with Crippen LogP contribution in [0.2, 0.25) is 0 Å². The number of aryl methyl sites for hydroxylation is 1. The number of unbranched alkanes of at least 4 members (excludes halogenated alkanes) is 1. The van der Waals surface area contributed by atoms with Crippen molar-refractivity contribution in [3.05, 3.63) is 42.7 Å². The van der Waals surface area contributed by atoms with Gasteiger partial charge in [-0.2, -0.15) is 0 Å². The number of guanidine groups is 1. The number of piperidine rings is 1. The van der Waals surface area contributed by atoms with E-state index in [4.69, 9.17) is 4.99 Å². The van der Waals surface area contributed by atoms with Crippen molar-refractivity contribution in [2.24, 2.45) is 4.99 Å². The second-order valence-corrected chi connectivity index (χ2v) is 7.18. The Morgan fingerprint density at radius 3 is 2.71 bits per heavy atom. The molecule has 0 unspecified atom stereocenters. The lowest BCUT2D eigenvalue weighted by Crippen LogP contribution is -2.48. The van der Waals surface area contributed by atoms with E-state index in [2.05, 4.69) is 49.8 Å². The van der Waals surface area contributed by atoms with E-state index in [1.54, 1.807) is 12.7 Å². The topological polar surface area (TPSA) is 83.3 Å². The highest BCUT2D eigenvalue weighted by Crippen LogP contribution is 2.13. The van der Waals surface area contributed by atoms with Crippen molar-refractivity contribution in [1.82, 2.24) is 35.3 Å². The largest absolute Gasteiger partial charge is 0.357 e. The van der Waals surface area contributed by atoms with Crippen molar-refractivity contribution >= 4 is 5.96 Å². The van der Waals surface area contributed by atoms with Crippen LogP contribution in [-0.2, 0) is 13.1 Å². The molecule has 1 aliphatic heterocycles. The molecule has 0 bridgehead atoms. The number of rotatable bonds is 9. The molecule has 1 fully saturated rings. The van der Waals surface area contributed by atoms with E-state index in [0.717, 1.165) is 76.6 Å². The molecular weight excluding hydrogens is 352 g/mol. The molecule has 2 N–H and O–H groups in total. The molecule has 2 aromatic heterocycles. The number of hydrogen-bond donors (Lipinski definition) is 2. The van der Waals surface area contributed by atoms with E-state index in [1.165, 1.54) is 0 Å². The SMILES string of the molecule is CCNC(=NCCCCn1cnnc1)NC1CCN(Cc2ccccn2)CC1. The fourth-order valence-corrected chi connectivity index (χ4v) is 3.40. The van der Waals surface area contributed by atoms with Crippen LogP contribution in [0.5, 0.6) is 0 Å². The maximum Gasteiger partial charge on any atom is 0.191 e. The van der Waals surface area contributed by atoms with Gasteiger partial charge in [-0.05, 0) is 44.7 Å². The number of aromatic nitrogens is 4. The minimum Gasteiger partial charge on any atom is -0.357 e. The molecule has 3 rings (SSSR count). The van der Waals surface area contributed by atoms with E-state index in [-0.39, 0.29) is 0 Å². The molecule has 0 atom stereocenters. The van der Waals surface area contributed by atoms with E-state index in [1.807, 2.05) is 16.8 Å². The third-order valence-corrected chi connectivity index (χ3v) is 4.95. The van der Waals surface area contributed by atoms with Gasteiger partial charge in [0.1, 0.15) is 12.7 Å². The van der Waals surface area contributed by atoms with Crippen molar-refractivity contribution in [3.8, 4) is 0 Å². The fourth-order valence-electron chi connectivity index (χ4n) is 3.40. The van der Waals surface area contributed by atoms with Crippen LogP contribution in [0, 0.1) is 0 Å². The summed E-state index contributed by atoms with van der Waals surface area (Å²) in [4.78, 5) is 11.7. The number of aliphatic imine (C=N–C) groups is 1. The van der Waals surface area contributed by atoms with Gasteiger partial charge in [0.2, 0.25) is 0 Å². The zero-order valence-corrected chi connectivity index (χ0v) is 16.8. The zero-order valence-electron chi connectivity index (χ0n) is 16.8. The van der Waals surface area contributed by atoms with E-state index < -0.39 is 0 Å². The number of nitrogens with one attached hydrogen (secondary N) is 2. The summed E-state index contributed by atoms with van der Waals surface area (Å²) in [5.74, 6) is 0.940. The highest BCUT2D eigenvalue weighted by Gasteiger charge is 2.20. The summed E-state index contributed by atoms with van der Waals surface area (Å²) in [7, 11) is 0. The van der Waals surface area contributed by atoms with Gasteiger partial charge in [0.05, 0.1) is 5.69 Å². The van der Waals surface area contributed by atoms with Gasteiger partial charge in [-0.15, -0.1) is 10.2 Å². The highest BCUT2D eigenvalue weighted by atomic mass is 15.2. The fraction of sp³-hybridized carbons (Fsp3) is 0.600. The molecule has 0 aliphatic carbocycles. The Labute approximate surface area is 167 Å². The Kier molecular flexibility index (Phi) is 8.24. The first-order valence-electron chi connectivity index (χ1n) is 10.3. The van der Waals surface area contributed by atoms with Gasteiger partial charge in [-0.3, -0.25) is 14.9 Å². The lowest BCUT2D eigenvalue weighted by molar-refractivity contribution is 0.196. The zero-order chi connectivity index (χ0) is 19.4. The Hall–Kier alpha value is -2.48. The predicted octanol–water partition coefficient (Wildman–Crippen LogP) is 1.67. The lowest BCUT2D eigenvalue weighted by Gasteiger charge is -2.32. The molecule has 2 aromatic rings. The Morgan fingerprint density at radius 1 is 1.18 bits per heavy atom. The van der Waals surface area contributed by atoms with Gasteiger partial charge < -0.3 is 15.2 Å². The molecule has 0 aromatic carbocycles. The summed E-state index contributed by atoms with van der Waals surface area (Å²) in [5.41, 5.74) is 1.15. The van der Waals surface area contributed by atoms with Crippen molar-refractivity contribution in [2.75, 3.05) is 26.2 Å². The quantitative estimate of drug-likeness (QED) is 0.389. The summed E-state index contributed by atoms with van der Waals surface area (Å²) in [5, 5.41) is 14.6. The molecule has 0 saturated carbocycles. The summed E-state index contributed by atoms with van der Waals surface area (Å²) >= 11 is 0. The van der Waals surface area contributed by atoms with Gasteiger partial charge in [-0.25, -0.2) is 0 Å². The van der Waals surface area contributed by atoms with Crippen molar-refractivity contribution < 1.29 is 0 Å². The molecule has 8 heteroatoms. The molecule has 0 amide bonds. The lowest BCUT2D eigenvalue weighted by atomic mass is 10.0. The number of hydrogen-bond acceptors (Lipinski definition) is 5. The standard InChI is InChI=1S/C20H32N8/c1-2-21-20(23-11-5-6-12-28-16-24-25-17-28)26-18-8-13-27(14-9-18)15-19-7-3-4-10-22-19/h3-4,7,10,16-18H,2,5-6,8-9,11-15H2,1H3,(H2,21,23,26). The smallest absolute Gasteiger partial charge is 0.191 e. The summed E-state index contributed by atoms with van der Waals surface area (Å²) in [6.45, 7) is 7.88. The van der Waals surface area contributed by atoms with Gasteiger partial charge >= 0.3 is 0 Å².